The summed E-state index contributed by atoms with van der Waals surface area (Å²) in [6.45, 7) is 1.59. The first-order valence-electron chi connectivity index (χ1n) is 6.79. The highest BCUT2D eigenvalue weighted by molar-refractivity contribution is 5.94. The monoisotopic (exact) mass is 265 g/mol. The number of rotatable bonds is 4. The molecule has 1 atom stereocenters. The van der Waals surface area contributed by atoms with Crippen molar-refractivity contribution in [2.45, 2.75) is 31.7 Å². The molecule has 0 saturated carbocycles. The molecule has 2 rings (SSSR count). The first-order chi connectivity index (χ1) is 9.24. The second-order valence-corrected chi connectivity index (χ2v) is 4.90. The Morgan fingerprint density at radius 3 is 3.16 bits per heavy atom. The van der Waals surface area contributed by atoms with Gasteiger partial charge in [0.2, 0.25) is 0 Å². The van der Waals surface area contributed by atoms with E-state index in [2.05, 4.69) is 10.3 Å². The minimum Gasteiger partial charge on any atom is -0.336 e. The molecule has 1 amide bonds. The van der Waals surface area contributed by atoms with Gasteiger partial charge < -0.3 is 10.2 Å². The van der Waals surface area contributed by atoms with E-state index >= 15 is 0 Å². The van der Waals surface area contributed by atoms with Gasteiger partial charge in [-0.2, -0.15) is 0 Å². The van der Waals surface area contributed by atoms with E-state index in [1.54, 1.807) is 0 Å². The molecular formula is C14H20FN3O. The lowest BCUT2D eigenvalue weighted by Crippen LogP contribution is -2.45. The highest BCUT2D eigenvalue weighted by Crippen LogP contribution is 2.22. The molecule has 0 aromatic carbocycles. The van der Waals surface area contributed by atoms with E-state index in [9.17, 15) is 9.18 Å². The number of carbonyl (C=O) groups is 1. The maximum Gasteiger partial charge on any atom is 0.257 e. The van der Waals surface area contributed by atoms with Gasteiger partial charge in [0, 0.05) is 18.8 Å². The zero-order valence-corrected chi connectivity index (χ0v) is 11.2. The zero-order chi connectivity index (χ0) is 13.7. The minimum atomic E-state index is -0.537. The van der Waals surface area contributed by atoms with E-state index in [0.717, 1.165) is 45.0 Å². The number of piperidine rings is 1. The van der Waals surface area contributed by atoms with Crippen molar-refractivity contribution in [1.29, 1.82) is 0 Å². The van der Waals surface area contributed by atoms with Crippen LogP contribution in [0.1, 0.15) is 36.0 Å². The molecule has 19 heavy (non-hydrogen) atoms. The molecule has 1 fully saturated rings. The van der Waals surface area contributed by atoms with Crippen LogP contribution in [0.3, 0.4) is 0 Å². The third-order valence-corrected chi connectivity index (χ3v) is 3.62. The lowest BCUT2D eigenvalue weighted by molar-refractivity contribution is 0.0597. The van der Waals surface area contributed by atoms with Gasteiger partial charge in [-0.25, -0.2) is 4.39 Å². The van der Waals surface area contributed by atoms with E-state index in [0.29, 0.717) is 0 Å². The Morgan fingerprint density at radius 2 is 2.42 bits per heavy atom. The summed E-state index contributed by atoms with van der Waals surface area (Å²) >= 11 is 0. The number of carbonyl (C=O) groups excluding carboxylic acids is 1. The molecular weight excluding hydrogens is 245 g/mol. The molecule has 1 aromatic heterocycles. The molecule has 0 aliphatic carbocycles. The summed E-state index contributed by atoms with van der Waals surface area (Å²) in [7, 11) is 1.90. The van der Waals surface area contributed by atoms with E-state index in [4.69, 9.17) is 0 Å². The first kappa shape index (κ1) is 13.9. The summed E-state index contributed by atoms with van der Waals surface area (Å²) in [4.78, 5) is 17.9. The quantitative estimate of drug-likeness (QED) is 0.903. The molecule has 4 nitrogen and oxygen atoms in total. The predicted octanol–water partition coefficient (Wildman–Crippen LogP) is 1.82. The molecule has 0 spiro atoms. The maximum atomic E-state index is 13.7. The van der Waals surface area contributed by atoms with Crippen molar-refractivity contribution in [2.75, 3.05) is 20.1 Å². The number of pyridine rings is 1. The van der Waals surface area contributed by atoms with Gasteiger partial charge in [0.25, 0.3) is 5.91 Å². The minimum absolute atomic E-state index is 0.131. The second-order valence-electron chi connectivity index (χ2n) is 4.90. The van der Waals surface area contributed by atoms with Crippen LogP contribution in [-0.2, 0) is 0 Å². The van der Waals surface area contributed by atoms with Crippen molar-refractivity contribution in [3.05, 3.63) is 29.8 Å². The number of amides is 1. The van der Waals surface area contributed by atoms with Crippen molar-refractivity contribution in [1.82, 2.24) is 15.2 Å². The average Bonchev–Trinajstić information content (AvgIpc) is 2.45. The van der Waals surface area contributed by atoms with Crippen LogP contribution in [0.5, 0.6) is 0 Å². The van der Waals surface area contributed by atoms with Gasteiger partial charge in [-0.15, -0.1) is 0 Å². The maximum absolute atomic E-state index is 13.7. The van der Waals surface area contributed by atoms with Gasteiger partial charge in [0.1, 0.15) is 0 Å². The largest absolute Gasteiger partial charge is 0.336 e. The standard InChI is InChI=1S/C14H20FN3O/c1-16-7-5-11-4-2-3-9-18(11)14(19)12-6-8-17-10-13(12)15/h6,8,10-11,16H,2-5,7,9H2,1H3. The molecule has 1 saturated heterocycles. The Balaban J connectivity index is 2.13. The third-order valence-electron chi connectivity index (χ3n) is 3.62. The SMILES string of the molecule is CNCCC1CCCCN1C(=O)c1ccncc1F. The number of aromatic nitrogens is 1. The smallest absolute Gasteiger partial charge is 0.257 e. The number of hydrogen-bond acceptors (Lipinski definition) is 3. The highest BCUT2D eigenvalue weighted by atomic mass is 19.1. The molecule has 1 aliphatic rings. The fraction of sp³-hybridized carbons (Fsp3) is 0.571. The Hall–Kier alpha value is -1.49. The number of hydrogen-bond donors (Lipinski definition) is 1. The third kappa shape index (κ3) is 3.29. The molecule has 0 radical (unpaired) electrons. The molecule has 1 unspecified atom stereocenters. The van der Waals surface area contributed by atoms with E-state index in [1.165, 1.54) is 12.3 Å². The number of nitrogens with one attached hydrogen (secondary N) is 1. The molecule has 5 heteroatoms. The summed E-state index contributed by atoms with van der Waals surface area (Å²) < 4.78 is 13.7. The van der Waals surface area contributed by atoms with E-state index in [1.807, 2.05) is 11.9 Å². The van der Waals surface area contributed by atoms with Crippen molar-refractivity contribution < 1.29 is 9.18 Å². The molecule has 1 N–H and O–H groups in total. The van der Waals surface area contributed by atoms with Crippen LogP contribution in [0, 0.1) is 5.82 Å². The molecule has 1 aliphatic heterocycles. The van der Waals surface area contributed by atoms with Gasteiger partial charge >= 0.3 is 0 Å². The van der Waals surface area contributed by atoms with Crippen molar-refractivity contribution >= 4 is 5.91 Å². The van der Waals surface area contributed by atoms with Gasteiger partial charge in [-0.3, -0.25) is 9.78 Å². The van der Waals surface area contributed by atoms with Crippen LogP contribution in [0.15, 0.2) is 18.5 Å². The fourth-order valence-corrected chi connectivity index (χ4v) is 2.58. The van der Waals surface area contributed by atoms with Crippen molar-refractivity contribution in [3.63, 3.8) is 0 Å². The van der Waals surface area contributed by atoms with Gasteiger partial charge in [0.05, 0.1) is 11.8 Å². The lowest BCUT2D eigenvalue weighted by Gasteiger charge is -2.36. The average molecular weight is 265 g/mol. The summed E-state index contributed by atoms with van der Waals surface area (Å²) in [5, 5.41) is 3.10. The normalized spacial score (nSPS) is 19.5. The number of nitrogens with zero attached hydrogens (tertiary/aromatic N) is 2. The fourth-order valence-electron chi connectivity index (χ4n) is 2.58. The summed E-state index contributed by atoms with van der Waals surface area (Å²) in [6.07, 6.45) is 6.60. The highest BCUT2D eigenvalue weighted by Gasteiger charge is 2.28. The summed E-state index contributed by atoms with van der Waals surface area (Å²) in [5.41, 5.74) is 0.131. The first-order valence-corrected chi connectivity index (χ1v) is 6.79. The van der Waals surface area contributed by atoms with Crippen LogP contribution in [0.25, 0.3) is 0 Å². The summed E-state index contributed by atoms with van der Waals surface area (Å²) in [6, 6.07) is 1.67. The topological polar surface area (TPSA) is 45.2 Å². The van der Waals surface area contributed by atoms with Crippen LogP contribution in [0.4, 0.5) is 4.39 Å². The van der Waals surface area contributed by atoms with Crippen molar-refractivity contribution in [2.24, 2.45) is 0 Å². The lowest BCUT2D eigenvalue weighted by atomic mass is 9.98. The van der Waals surface area contributed by atoms with Gasteiger partial charge in [-0.1, -0.05) is 0 Å². The number of likely N-dealkylation sites (tertiary alicyclic amines) is 1. The zero-order valence-electron chi connectivity index (χ0n) is 11.2. The van der Waals surface area contributed by atoms with Gasteiger partial charge in [-0.05, 0) is 45.3 Å². The molecule has 2 heterocycles. The Morgan fingerprint density at radius 1 is 1.58 bits per heavy atom. The van der Waals surface area contributed by atoms with E-state index < -0.39 is 5.82 Å². The second kappa shape index (κ2) is 6.61. The van der Waals surface area contributed by atoms with Crippen LogP contribution >= 0.6 is 0 Å². The van der Waals surface area contributed by atoms with Gasteiger partial charge in [0.15, 0.2) is 5.82 Å². The molecule has 0 bridgehead atoms. The Kier molecular flexibility index (Phi) is 4.85. The van der Waals surface area contributed by atoms with Crippen LogP contribution in [-0.4, -0.2) is 42.0 Å². The van der Waals surface area contributed by atoms with E-state index in [-0.39, 0.29) is 17.5 Å². The van der Waals surface area contributed by atoms with Crippen molar-refractivity contribution in [3.8, 4) is 0 Å². The molecule has 1 aromatic rings. The van der Waals surface area contributed by atoms with Crippen LogP contribution in [0.2, 0.25) is 0 Å². The Labute approximate surface area is 113 Å². The summed E-state index contributed by atoms with van der Waals surface area (Å²) in [5.74, 6) is -0.744. The molecule has 104 valence electrons. The Bertz CT molecular complexity index is 438. The van der Waals surface area contributed by atoms with Crippen LogP contribution < -0.4 is 5.32 Å². The predicted molar refractivity (Wildman–Crippen MR) is 71.4 cm³/mol. The number of halogens is 1.